The third-order valence-corrected chi connectivity index (χ3v) is 9.56. The minimum atomic E-state index is -0.573. The lowest BCUT2D eigenvalue weighted by atomic mass is 9.77. The Morgan fingerprint density at radius 3 is 2.40 bits per heavy atom. The Balaban J connectivity index is 1.25. The number of H-pyrrole nitrogens is 1. The Morgan fingerprint density at radius 1 is 0.942 bits per heavy atom. The van der Waals surface area contributed by atoms with Gasteiger partial charge in [0.2, 0.25) is 11.7 Å². The first kappa shape index (κ1) is 38.4. The number of ketones is 1. The van der Waals surface area contributed by atoms with Gasteiger partial charge in [-0.25, -0.2) is 0 Å². The topological polar surface area (TPSA) is 194 Å². The first-order valence-corrected chi connectivity index (χ1v) is 18.0. The van der Waals surface area contributed by atoms with Crippen molar-refractivity contribution < 1.29 is 29.0 Å². The monoisotopic (exact) mass is 711 g/mol. The van der Waals surface area contributed by atoms with E-state index in [-0.39, 0.29) is 43.2 Å². The smallest absolute Gasteiger partial charge is 0.251 e. The summed E-state index contributed by atoms with van der Waals surface area (Å²) in [5, 5.41) is 28.7. The van der Waals surface area contributed by atoms with Crippen LogP contribution in [0.5, 0.6) is 0 Å². The van der Waals surface area contributed by atoms with Crippen LogP contribution in [0.3, 0.4) is 0 Å². The Kier molecular flexibility index (Phi) is 14.5. The quantitative estimate of drug-likeness (QED) is 0.0884. The number of amides is 2. The lowest BCUT2D eigenvalue weighted by Crippen LogP contribution is -2.31. The number of tetrazole rings is 1. The van der Waals surface area contributed by atoms with Crippen molar-refractivity contribution in [3.05, 3.63) is 83.4 Å². The molecule has 1 aliphatic rings. The van der Waals surface area contributed by atoms with Crippen LogP contribution in [0.25, 0.3) is 22.5 Å². The molecular formula is C39H49N7O6. The second-order valence-electron chi connectivity index (χ2n) is 13.3. The van der Waals surface area contributed by atoms with Crippen molar-refractivity contribution in [3.8, 4) is 22.5 Å². The molecule has 1 aliphatic carbocycles. The molecule has 4 aromatic rings. The average Bonchev–Trinajstić information content (AvgIpc) is 3.71. The van der Waals surface area contributed by atoms with Crippen LogP contribution in [0.15, 0.2) is 66.7 Å². The van der Waals surface area contributed by atoms with Gasteiger partial charge < -0.3 is 30.9 Å². The van der Waals surface area contributed by atoms with E-state index in [1.165, 1.54) is 0 Å². The summed E-state index contributed by atoms with van der Waals surface area (Å²) in [6.07, 6.45) is 4.04. The standard InChI is InChI=1S/C39H49N7O6/c1-26-21-32(38(49)41-15-17-51-19-20-52-18-16-47)11-14-35(26)31-4-2-3-28(22-31)23-33(24-36(48)29-7-5-27(25-40)6-8-29)39(50)42-34-12-9-30(10-13-34)37-43-45-46-44-37/h2-4,9-14,21-22,27,29,33,47H,5-8,15-20,23-25,40H2,1H3,(H,41,49)(H,42,50)(H,43,44,45,46)/t27?,29?,33-/m1/s1. The molecule has 13 heteroatoms. The number of carbonyl (C=O) groups is 3. The normalized spacial score (nSPS) is 16.3. The molecule has 0 unspecified atom stereocenters. The van der Waals surface area contributed by atoms with Gasteiger partial charge in [0.1, 0.15) is 5.78 Å². The number of aromatic nitrogens is 4. The van der Waals surface area contributed by atoms with Gasteiger partial charge in [0.25, 0.3) is 5.91 Å². The highest BCUT2D eigenvalue weighted by molar-refractivity contribution is 5.96. The molecule has 52 heavy (non-hydrogen) atoms. The summed E-state index contributed by atoms with van der Waals surface area (Å²) in [7, 11) is 0. The van der Waals surface area contributed by atoms with Crippen molar-refractivity contribution in [1.29, 1.82) is 0 Å². The van der Waals surface area contributed by atoms with Gasteiger partial charge in [-0.05, 0) is 115 Å². The van der Waals surface area contributed by atoms with E-state index >= 15 is 0 Å². The number of nitrogens with zero attached hydrogens (tertiary/aromatic N) is 3. The maximum Gasteiger partial charge on any atom is 0.251 e. The summed E-state index contributed by atoms with van der Waals surface area (Å²) < 4.78 is 10.6. The van der Waals surface area contributed by atoms with Crippen molar-refractivity contribution >= 4 is 23.3 Å². The van der Waals surface area contributed by atoms with Crippen molar-refractivity contribution in [2.24, 2.45) is 23.5 Å². The molecule has 2 amide bonds. The van der Waals surface area contributed by atoms with Gasteiger partial charge in [-0.15, -0.1) is 10.2 Å². The number of nitrogens with one attached hydrogen (secondary N) is 3. The number of aliphatic hydroxyl groups excluding tert-OH is 1. The summed E-state index contributed by atoms with van der Waals surface area (Å²) in [5.41, 5.74) is 11.6. The highest BCUT2D eigenvalue weighted by atomic mass is 16.5. The first-order valence-electron chi connectivity index (χ1n) is 18.0. The zero-order valence-corrected chi connectivity index (χ0v) is 29.7. The number of rotatable bonds is 19. The van der Waals surface area contributed by atoms with Crippen LogP contribution < -0.4 is 16.4 Å². The molecule has 1 heterocycles. The van der Waals surface area contributed by atoms with Crippen molar-refractivity contribution in [1.82, 2.24) is 25.9 Å². The Morgan fingerprint density at radius 2 is 1.71 bits per heavy atom. The van der Waals surface area contributed by atoms with Crippen LogP contribution >= 0.6 is 0 Å². The lowest BCUT2D eigenvalue weighted by Gasteiger charge is -2.27. The fourth-order valence-corrected chi connectivity index (χ4v) is 6.62. The molecule has 1 aromatic heterocycles. The molecule has 6 N–H and O–H groups in total. The summed E-state index contributed by atoms with van der Waals surface area (Å²) >= 11 is 0. The van der Waals surface area contributed by atoms with Crippen LogP contribution in [0.2, 0.25) is 0 Å². The Hall–Kier alpha value is -4.82. The van der Waals surface area contributed by atoms with Gasteiger partial charge >= 0.3 is 0 Å². The van der Waals surface area contributed by atoms with E-state index in [4.69, 9.17) is 20.3 Å². The largest absolute Gasteiger partial charge is 0.394 e. The number of nitrogens with two attached hydrogens (primary N) is 1. The van der Waals surface area contributed by atoms with E-state index in [1.54, 1.807) is 18.2 Å². The zero-order chi connectivity index (χ0) is 36.7. The van der Waals surface area contributed by atoms with Crippen LogP contribution in [0, 0.1) is 24.7 Å². The zero-order valence-electron chi connectivity index (χ0n) is 29.7. The predicted octanol–water partition coefficient (Wildman–Crippen LogP) is 4.12. The molecule has 13 nitrogen and oxygen atoms in total. The molecule has 3 aromatic carbocycles. The molecule has 1 atom stereocenters. The second-order valence-corrected chi connectivity index (χ2v) is 13.3. The number of anilines is 1. The molecule has 1 saturated carbocycles. The van der Waals surface area contributed by atoms with Crippen LogP contribution in [-0.2, 0) is 25.5 Å². The van der Waals surface area contributed by atoms with E-state index in [0.717, 1.165) is 53.5 Å². The van der Waals surface area contributed by atoms with Crippen molar-refractivity contribution in [2.75, 3.05) is 51.4 Å². The molecule has 5 rings (SSSR count). The highest BCUT2D eigenvalue weighted by Gasteiger charge is 2.30. The number of ether oxygens (including phenoxy) is 2. The number of aliphatic hydroxyl groups is 1. The lowest BCUT2D eigenvalue weighted by molar-refractivity contribution is -0.129. The van der Waals surface area contributed by atoms with Crippen molar-refractivity contribution in [3.63, 3.8) is 0 Å². The van der Waals surface area contributed by atoms with Crippen LogP contribution in [0.1, 0.15) is 53.6 Å². The highest BCUT2D eigenvalue weighted by Crippen LogP contribution is 2.32. The first-order chi connectivity index (χ1) is 25.3. The van der Waals surface area contributed by atoms with E-state index in [1.807, 2.05) is 49.4 Å². The molecule has 0 spiro atoms. The molecule has 0 saturated heterocycles. The van der Waals surface area contributed by atoms with Gasteiger partial charge in [-0.1, -0.05) is 30.3 Å². The number of hydrogen-bond acceptors (Lipinski definition) is 10. The van der Waals surface area contributed by atoms with Gasteiger partial charge in [-0.2, -0.15) is 5.21 Å². The van der Waals surface area contributed by atoms with E-state index in [2.05, 4.69) is 37.3 Å². The second kappa shape index (κ2) is 19.7. The summed E-state index contributed by atoms with van der Waals surface area (Å²) in [6.45, 7) is 4.34. The third-order valence-electron chi connectivity index (χ3n) is 9.56. The van der Waals surface area contributed by atoms with Crippen LogP contribution in [-0.4, -0.2) is 89.5 Å². The summed E-state index contributed by atoms with van der Waals surface area (Å²) in [4.78, 5) is 40.2. The fraction of sp³-hybridized carbons (Fsp3) is 0.436. The number of hydrogen-bond donors (Lipinski definition) is 5. The van der Waals surface area contributed by atoms with E-state index < -0.39 is 5.92 Å². The fourth-order valence-electron chi connectivity index (χ4n) is 6.62. The molecule has 0 aliphatic heterocycles. The third kappa shape index (κ3) is 11.1. The molecule has 0 bridgehead atoms. The summed E-state index contributed by atoms with van der Waals surface area (Å²) in [6, 6.07) is 20.8. The predicted molar refractivity (Wildman–Crippen MR) is 197 cm³/mol. The van der Waals surface area contributed by atoms with Gasteiger partial charge in [0.05, 0.1) is 33.0 Å². The average molecular weight is 712 g/mol. The number of Topliss-reactive ketones (excluding diaryl/α,β-unsaturated/α-hetero) is 1. The van der Waals surface area contributed by atoms with Crippen LogP contribution in [0.4, 0.5) is 5.69 Å². The van der Waals surface area contributed by atoms with Gasteiger partial charge in [0, 0.05) is 41.6 Å². The molecule has 0 radical (unpaired) electrons. The minimum absolute atomic E-state index is 0.0275. The number of carbonyl (C=O) groups excluding carboxylic acids is 3. The molecule has 1 fully saturated rings. The molecular weight excluding hydrogens is 662 g/mol. The Bertz CT molecular complexity index is 1740. The number of aromatic amines is 1. The number of aryl methyl sites for hydroxylation is 1. The van der Waals surface area contributed by atoms with Gasteiger partial charge in [0.15, 0.2) is 0 Å². The minimum Gasteiger partial charge on any atom is -0.394 e. The number of benzene rings is 3. The summed E-state index contributed by atoms with van der Waals surface area (Å²) in [5.74, 6) is 0.0112. The Labute approximate surface area is 304 Å². The van der Waals surface area contributed by atoms with E-state index in [9.17, 15) is 14.4 Å². The van der Waals surface area contributed by atoms with Crippen molar-refractivity contribution in [2.45, 2.75) is 45.4 Å². The maximum absolute atomic E-state index is 13.8. The van der Waals surface area contributed by atoms with Gasteiger partial charge in [-0.3, -0.25) is 14.4 Å². The maximum atomic E-state index is 13.8. The SMILES string of the molecule is Cc1cc(C(=O)NCCOCCOCCO)ccc1-c1cccc(C[C@H](CC(=O)C2CCC(CN)CC2)C(=O)Nc2ccc(-c3nn[nH]n3)cc2)c1. The van der Waals surface area contributed by atoms with E-state index in [0.29, 0.717) is 62.3 Å². The molecule has 276 valence electrons.